The van der Waals surface area contributed by atoms with Crippen molar-refractivity contribution in [1.29, 1.82) is 0 Å². The highest BCUT2D eigenvalue weighted by Gasteiger charge is 2.35. The number of hydrogen-bond acceptors (Lipinski definition) is 5. The Hall–Kier alpha value is -3.15. The molecule has 0 unspecified atom stereocenters. The van der Waals surface area contributed by atoms with Gasteiger partial charge in [0.25, 0.3) is 17.9 Å². The molecule has 1 aromatic carbocycles. The maximum absolute atomic E-state index is 15.1. The summed E-state index contributed by atoms with van der Waals surface area (Å²) in [5.41, 5.74) is 0.476. The second kappa shape index (κ2) is 9.96. The standard InChI is InChI=1S/C25H22BrF5N4O2/c26-16-12-17(27)20(18(13-16)34-6-1-14(2-7-34)22(28)29)24(36)33-19-11-15-3-10-37-21(15)23(32-19)35-8-4-25(30,31)5-9-35/h3,10-13H,1-2,4-9H2,(H,32,33,36). The number of alkyl halides is 2. The van der Waals surface area contributed by atoms with Crippen LogP contribution < -0.4 is 15.1 Å². The zero-order chi connectivity index (χ0) is 26.3. The van der Waals surface area contributed by atoms with Crippen molar-refractivity contribution < 1.29 is 31.2 Å². The smallest absolute Gasteiger partial charge is 0.269 e. The van der Waals surface area contributed by atoms with Gasteiger partial charge in [0.05, 0.1) is 17.5 Å². The summed E-state index contributed by atoms with van der Waals surface area (Å²) in [6.45, 7) is 0.519. The third kappa shape index (κ3) is 5.29. The van der Waals surface area contributed by atoms with Gasteiger partial charge in [-0.15, -0.1) is 0 Å². The lowest BCUT2D eigenvalue weighted by atomic mass is 10.0. The predicted molar refractivity (Wildman–Crippen MR) is 133 cm³/mol. The number of nitrogens with one attached hydrogen (secondary N) is 1. The van der Waals surface area contributed by atoms with Crippen molar-refractivity contribution in [3.63, 3.8) is 0 Å². The van der Waals surface area contributed by atoms with Crippen molar-refractivity contribution in [3.05, 3.63) is 58.0 Å². The van der Waals surface area contributed by atoms with Crippen LogP contribution in [0.15, 0.2) is 51.1 Å². The molecule has 2 aromatic heterocycles. The van der Waals surface area contributed by atoms with Crippen LogP contribution in [-0.4, -0.2) is 43.0 Å². The van der Waals surface area contributed by atoms with Gasteiger partial charge in [0.2, 0.25) is 0 Å². The van der Waals surface area contributed by atoms with Crippen LogP contribution in [0.4, 0.5) is 39.3 Å². The van der Waals surface area contributed by atoms with Gasteiger partial charge in [-0.05, 0) is 42.7 Å². The number of carbonyl (C=O) groups excluding carboxylic acids is 1. The molecule has 0 saturated carbocycles. The predicted octanol–water partition coefficient (Wildman–Crippen LogP) is 6.97. The van der Waals surface area contributed by atoms with E-state index in [1.807, 2.05) is 0 Å². The van der Waals surface area contributed by atoms with Crippen LogP contribution in [0.2, 0.25) is 0 Å². The van der Waals surface area contributed by atoms with E-state index in [0.717, 1.165) is 6.07 Å². The summed E-state index contributed by atoms with van der Waals surface area (Å²) in [4.78, 5) is 21.1. The minimum atomic E-state index is -2.75. The molecule has 6 nitrogen and oxygen atoms in total. The van der Waals surface area contributed by atoms with Gasteiger partial charge in [0.15, 0.2) is 11.4 Å². The highest BCUT2D eigenvalue weighted by molar-refractivity contribution is 9.10. The molecule has 4 heterocycles. The quantitative estimate of drug-likeness (QED) is 0.336. The molecule has 37 heavy (non-hydrogen) atoms. The Morgan fingerprint density at radius 3 is 2.43 bits per heavy atom. The molecule has 2 saturated heterocycles. The molecule has 3 aromatic rings. The lowest BCUT2D eigenvalue weighted by Crippen LogP contribution is -2.39. The van der Waals surface area contributed by atoms with Gasteiger partial charge in [-0.2, -0.15) is 8.78 Å². The number of hydrogen-bond donors (Lipinski definition) is 1. The van der Waals surface area contributed by atoms with Gasteiger partial charge >= 0.3 is 0 Å². The van der Waals surface area contributed by atoms with Crippen LogP contribution in [0.5, 0.6) is 0 Å². The largest absolute Gasteiger partial charge is 0.460 e. The second-order valence-electron chi connectivity index (χ2n) is 9.10. The molecular weight excluding hydrogens is 563 g/mol. The van der Waals surface area contributed by atoms with E-state index in [1.165, 1.54) is 6.26 Å². The fraction of sp³-hybridized carbons (Fsp3) is 0.360. The Morgan fingerprint density at radius 2 is 1.76 bits per heavy atom. The summed E-state index contributed by atoms with van der Waals surface area (Å²) >= 11 is 3.24. The third-order valence-electron chi connectivity index (χ3n) is 6.69. The van der Waals surface area contributed by atoms with Gasteiger partial charge in [-0.1, -0.05) is 15.9 Å². The average molecular weight is 585 g/mol. The number of anilines is 3. The van der Waals surface area contributed by atoms with Crippen LogP contribution in [0.3, 0.4) is 0 Å². The highest BCUT2D eigenvalue weighted by atomic mass is 79.9. The number of furan rings is 1. The summed E-state index contributed by atoms with van der Waals surface area (Å²) in [6, 6.07) is 5.94. The molecule has 0 radical (unpaired) electrons. The summed E-state index contributed by atoms with van der Waals surface area (Å²) in [5, 5.41) is 3.22. The van der Waals surface area contributed by atoms with Gasteiger partial charge in [-0.3, -0.25) is 4.79 Å². The molecule has 0 aliphatic carbocycles. The Morgan fingerprint density at radius 1 is 1.05 bits per heavy atom. The molecule has 2 aliphatic heterocycles. The molecule has 0 bridgehead atoms. The van der Waals surface area contributed by atoms with Crippen molar-refractivity contribution in [2.45, 2.75) is 31.6 Å². The molecule has 12 heteroatoms. The maximum atomic E-state index is 15.1. The Bertz CT molecular complexity index is 1370. The second-order valence-corrected chi connectivity index (χ2v) is 10.0. The fourth-order valence-electron chi connectivity index (χ4n) is 4.70. The molecule has 0 atom stereocenters. The van der Waals surface area contributed by atoms with E-state index in [0.29, 0.717) is 21.3 Å². The van der Waals surface area contributed by atoms with Crippen LogP contribution in [0.1, 0.15) is 36.0 Å². The van der Waals surface area contributed by atoms with Crippen LogP contribution in [0, 0.1) is 5.82 Å². The van der Waals surface area contributed by atoms with Crippen molar-refractivity contribution >= 4 is 50.1 Å². The monoisotopic (exact) mass is 584 g/mol. The maximum Gasteiger partial charge on any atom is 0.269 e. The lowest BCUT2D eigenvalue weighted by molar-refractivity contribution is -0.0221. The molecule has 196 valence electrons. The molecule has 5 rings (SSSR count). The van der Waals surface area contributed by atoms with Crippen molar-refractivity contribution in [2.75, 3.05) is 41.3 Å². The molecular formula is C25H22BrF5N4O2. The van der Waals surface area contributed by atoms with E-state index < -0.39 is 23.7 Å². The number of amides is 1. The first-order valence-corrected chi connectivity index (χ1v) is 12.5. The highest BCUT2D eigenvalue weighted by Crippen LogP contribution is 2.36. The van der Waals surface area contributed by atoms with E-state index in [9.17, 15) is 22.4 Å². The van der Waals surface area contributed by atoms with Crippen molar-refractivity contribution in [3.8, 4) is 0 Å². The van der Waals surface area contributed by atoms with Gasteiger partial charge < -0.3 is 19.5 Å². The van der Waals surface area contributed by atoms with E-state index in [-0.39, 0.29) is 74.5 Å². The number of piperidine rings is 2. The summed E-state index contributed by atoms with van der Waals surface area (Å²) < 4.78 is 74.4. The fourth-order valence-corrected chi connectivity index (χ4v) is 5.12. The van der Waals surface area contributed by atoms with E-state index in [1.54, 1.807) is 28.0 Å². The van der Waals surface area contributed by atoms with Crippen molar-refractivity contribution in [2.24, 2.45) is 0 Å². The molecule has 1 amide bonds. The van der Waals surface area contributed by atoms with Crippen molar-refractivity contribution in [1.82, 2.24) is 4.98 Å². The first-order chi connectivity index (χ1) is 17.6. The van der Waals surface area contributed by atoms with E-state index in [2.05, 4.69) is 26.2 Å². The lowest BCUT2D eigenvalue weighted by Gasteiger charge is -2.32. The first kappa shape index (κ1) is 25.5. The van der Waals surface area contributed by atoms with Crippen LogP contribution in [0.25, 0.3) is 11.0 Å². The molecule has 2 aliphatic rings. The normalized spacial score (nSPS) is 17.8. The Balaban J connectivity index is 1.44. The molecule has 2 fully saturated rings. The number of aromatic nitrogens is 1. The third-order valence-corrected chi connectivity index (χ3v) is 7.15. The minimum Gasteiger partial charge on any atom is -0.460 e. The van der Waals surface area contributed by atoms with Gasteiger partial charge in [0.1, 0.15) is 11.6 Å². The van der Waals surface area contributed by atoms with Crippen LogP contribution in [-0.2, 0) is 0 Å². The van der Waals surface area contributed by atoms with E-state index in [4.69, 9.17) is 4.42 Å². The summed E-state index contributed by atoms with van der Waals surface area (Å²) in [7, 11) is 0. The molecule has 1 N–H and O–H groups in total. The topological polar surface area (TPSA) is 61.6 Å². The number of nitrogens with zero attached hydrogens (tertiary/aromatic N) is 3. The summed E-state index contributed by atoms with van der Waals surface area (Å²) in [5.74, 6) is -3.90. The Labute approximate surface area is 217 Å². The number of carbonyl (C=O) groups is 1. The number of benzene rings is 1. The van der Waals surface area contributed by atoms with E-state index >= 15 is 4.39 Å². The van der Waals surface area contributed by atoms with Gasteiger partial charge in [-0.25, -0.2) is 18.2 Å². The number of halogens is 6. The van der Waals surface area contributed by atoms with Crippen LogP contribution >= 0.6 is 15.9 Å². The average Bonchev–Trinajstić information content (AvgIpc) is 3.32. The number of fused-ring (bicyclic) bond motifs is 1. The van der Waals surface area contributed by atoms with Gasteiger partial charge in [0, 0.05) is 48.9 Å². The first-order valence-electron chi connectivity index (χ1n) is 11.7. The summed E-state index contributed by atoms with van der Waals surface area (Å²) in [6.07, 6.45) is -0.721. The number of pyridine rings is 1. The molecule has 0 spiro atoms. The Kier molecular flexibility index (Phi) is 6.86. The number of rotatable bonds is 4. The minimum absolute atomic E-state index is 0.0540. The zero-order valence-electron chi connectivity index (χ0n) is 19.5. The zero-order valence-corrected chi connectivity index (χ0v) is 21.1. The SMILES string of the molecule is O=C(Nc1cc2ccoc2c(N2CCC(F)(F)CC2)n1)c1c(F)cc(Br)cc1N1CCC(=C(F)F)CC1.